The lowest BCUT2D eigenvalue weighted by molar-refractivity contribution is -0.145. The van der Waals surface area contributed by atoms with E-state index in [9.17, 15) is 9.59 Å². The van der Waals surface area contributed by atoms with E-state index < -0.39 is 12.0 Å². The molecular formula is C22H23N3O3. The Kier molecular flexibility index (Phi) is 5.89. The predicted molar refractivity (Wildman–Crippen MR) is 106 cm³/mol. The third kappa shape index (κ3) is 3.96. The standard InChI is InChI=1S/C22H23N3O3/c1-4-28-22(27)20(23-21(26)17-11-7-5-8-12-17)19-15(2)24-25(16(19)3)18-13-9-6-10-14-18/h5-14,20H,4H2,1-3H3,(H,23,26). The Morgan fingerprint density at radius 1 is 1.04 bits per heavy atom. The summed E-state index contributed by atoms with van der Waals surface area (Å²) in [7, 11) is 0. The van der Waals surface area contributed by atoms with Gasteiger partial charge >= 0.3 is 5.97 Å². The molecule has 1 amide bonds. The number of nitrogens with zero attached hydrogens (tertiary/aromatic N) is 2. The van der Waals surface area contributed by atoms with E-state index in [1.165, 1.54) is 0 Å². The Labute approximate surface area is 164 Å². The van der Waals surface area contributed by atoms with Gasteiger partial charge in [0.1, 0.15) is 0 Å². The van der Waals surface area contributed by atoms with Gasteiger partial charge in [0.05, 0.1) is 18.0 Å². The third-order valence-corrected chi connectivity index (χ3v) is 4.47. The average molecular weight is 377 g/mol. The van der Waals surface area contributed by atoms with Crippen LogP contribution in [0.3, 0.4) is 0 Å². The molecule has 1 heterocycles. The number of hydrogen-bond acceptors (Lipinski definition) is 4. The number of aryl methyl sites for hydroxylation is 1. The minimum atomic E-state index is -0.940. The maximum absolute atomic E-state index is 12.7. The van der Waals surface area contributed by atoms with Crippen molar-refractivity contribution in [3.05, 3.63) is 83.2 Å². The number of hydrogen-bond donors (Lipinski definition) is 1. The minimum absolute atomic E-state index is 0.224. The first-order chi connectivity index (χ1) is 13.5. The Bertz CT molecular complexity index is 965. The molecule has 6 nitrogen and oxygen atoms in total. The monoisotopic (exact) mass is 377 g/mol. The lowest BCUT2D eigenvalue weighted by Gasteiger charge is -2.18. The maximum atomic E-state index is 12.7. The Balaban J connectivity index is 2.00. The minimum Gasteiger partial charge on any atom is -0.464 e. The number of esters is 1. The van der Waals surface area contributed by atoms with Crippen molar-refractivity contribution in [1.82, 2.24) is 15.1 Å². The number of carbonyl (C=O) groups excluding carboxylic acids is 2. The van der Waals surface area contributed by atoms with Crippen LogP contribution in [0.15, 0.2) is 60.7 Å². The molecule has 0 aliphatic carbocycles. The van der Waals surface area contributed by atoms with E-state index in [1.807, 2.05) is 50.2 Å². The summed E-state index contributed by atoms with van der Waals surface area (Å²) >= 11 is 0. The van der Waals surface area contributed by atoms with Crippen molar-refractivity contribution >= 4 is 11.9 Å². The number of ether oxygens (including phenoxy) is 1. The molecule has 3 aromatic rings. The van der Waals surface area contributed by atoms with Crippen molar-refractivity contribution in [3.63, 3.8) is 0 Å². The highest BCUT2D eigenvalue weighted by Crippen LogP contribution is 2.25. The highest BCUT2D eigenvalue weighted by Gasteiger charge is 2.30. The number of amides is 1. The number of nitrogens with one attached hydrogen (secondary N) is 1. The van der Waals surface area contributed by atoms with Gasteiger partial charge in [-0.2, -0.15) is 5.10 Å². The molecule has 2 aromatic carbocycles. The van der Waals surface area contributed by atoms with Gasteiger partial charge in [-0.25, -0.2) is 9.48 Å². The van der Waals surface area contributed by atoms with Crippen molar-refractivity contribution < 1.29 is 14.3 Å². The van der Waals surface area contributed by atoms with Gasteiger partial charge < -0.3 is 10.1 Å². The predicted octanol–water partition coefficient (Wildman–Crippen LogP) is 3.52. The zero-order valence-electron chi connectivity index (χ0n) is 16.2. The zero-order valence-corrected chi connectivity index (χ0v) is 16.2. The van der Waals surface area contributed by atoms with Gasteiger partial charge in [0.25, 0.3) is 5.91 Å². The number of rotatable bonds is 6. The van der Waals surface area contributed by atoms with E-state index in [1.54, 1.807) is 35.9 Å². The van der Waals surface area contributed by atoms with Gasteiger partial charge in [-0.05, 0) is 45.0 Å². The van der Waals surface area contributed by atoms with E-state index in [2.05, 4.69) is 10.4 Å². The van der Waals surface area contributed by atoms with Crippen molar-refractivity contribution in [1.29, 1.82) is 0 Å². The van der Waals surface area contributed by atoms with Crippen LogP contribution < -0.4 is 5.32 Å². The van der Waals surface area contributed by atoms with Crippen LogP contribution in [0.25, 0.3) is 5.69 Å². The van der Waals surface area contributed by atoms with Crippen LogP contribution in [0.2, 0.25) is 0 Å². The number of aromatic nitrogens is 2. The molecule has 0 saturated heterocycles. The molecule has 1 N–H and O–H groups in total. The van der Waals surface area contributed by atoms with Crippen LogP contribution in [0.5, 0.6) is 0 Å². The summed E-state index contributed by atoms with van der Waals surface area (Å²) in [6.45, 7) is 5.66. The molecule has 1 atom stereocenters. The highest BCUT2D eigenvalue weighted by molar-refractivity contribution is 5.97. The molecule has 28 heavy (non-hydrogen) atoms. The van der Waals surface area contributed by atoms with Gasteiger partial charge in [0.2, 0.25) is 0 Å². The number of para-hydroxylation sites is 1. The maximum Gasteiger partial charge on any atom is 0.333 e. The molecule has 0 fully saturated rings. The van der Waals surface area contributed by atoms with Crippen LogP contribution in [0, 0.1) is 13.8 Å². The normalized spacial score (nSPS) is 11.7. The second-order valence-electron chi connectivity index (χ2n) is 6.36. The molecular weight excluding hydrogens is 354 g/mol. The molecule has 1 unspecified atom stereocenters. The van der Waals surface area contributed by atoms with Crippen molar-refractivity contribution in [2.45, 2.75) is 26.8 Å². The van der Waals surface area contributed by atoms with Crippen LogP contribution in [-0.4, -0.2) is 28.3 Å². The molecule has 144 valence electrons. The third-order valence-electron chi connectivity index (χ3n) is 4.47. The molecule has 0 radical (unpaired) electrons. The zero-order chi connectivity index (χ0) is 20.1. The molecule has 6 heteroatoms. The van der Waals surface area contributed by atoms with Gasteiger partial charge in [0, 0.05) is 16.8 Å². The first-order valence-electron chi connectivity index (χ1n) is 9.17. The first-order valence-corrected chi connectivity index (χ1v) is 9.17. The van der Waals surface area contributed by atoms with Gasteiger partial charge in [-0.1, -0.05) is 36.4 Å². The fourth-order valence-electron chi connectivity index (χ4n) is 3.17. The molecule has 0 aliphatic heterocycles. The van der Waals surface area contributed by atoms with Crippen LogP contribution in [0.1, 0.15) is 40.3 Å². The van der Waals surface area contributed by atoms with Gasteiger partial charge in [-0.15, -0.1) is 0 Å². The van der Waals surface area contributed by atoms with E-state index in [0.717, 1.165) is 11.4 Å². The summed E-state index contributed by atoms with van der Waals surface area (Å²) in [5.74, 6) is -0.851. The van der Waals surface area contributed by atoms with E-state index >= 15 is 0 Å². The largest absolute Gasteiger partial charge is 0.464 e. The van der Waals surface area contributed by atoms with Crippen molar-refractivity contribution in [2.24, 2.45) is 0 Å². The van der Waals surface area contributed by atoms with Crippen molar-refractivity contribution in [2.75, 3.05) is 6.61 Å². The fraction of sp³-hybridized carbons (Fsp3) is 0.227. The summed E-state index contributed by atoms with van der Waals surface area (Å²) < 4.78 is 7.00. The number of carbonyl (C=O) groups is 2. The van der Waals surface area contributed by atoms with Gasteiger partial charge in [-0.3, -0.25) is 4.79 Å². The molecule has 1 aromatic heterocycles. The second kappa shape index (κ2) is 8.52. The Morgan fingerprint density at radius 2 is 1.64 bits per heavy atom. The lowest BCUT2D eigenvalue weighted by atomic mass is 10.0. The van der Waals surface area contributed by atoms with E-state index in [0.29, 0.717) is 16.8 Å². The van der Waals surface area contributed by atoms with Crippen LogP contribution >= 0.6 is 0 Å². The second-order valence-corrected chi connectivity index (χ2v) is 6.36. The summed E-state index contributed by atoms with van der Waals surface area (Å²) in [5, 5.41) is 7.40. The average Bonchev–Trinajstić information content (AvgIpc) is 3.01. The fourth-order valence-corrected chi connectivity index (χ4v) is 3.17. The molecule has 0 aliphatic rings. The summed E-state index contributed by atoms with van der Waals surface area (Å²) in [4.78, 5) is 25.4. The Hall–Kier alpha value is -3.41. The summed E-state index contributed by atoms with van der Waals surface area (Å²) in [5.41, 5.74) is 3.43. The van der Waals surface area contributed by atoms with Gasteiger partial charge in [0.15, 0.2) is 6.04 Å². The van der Waals surface area contributed by atoms with E-state index in [4.69, 9.17) is 4.74 Å². The lowest BCUT2D eigenvalue weighted by Crippen LogP contribution is -2.35. The van der Waals surface area contributed by atoms with E-state index in [-0.39, 0.29) is 12.5 Å². The smallest absolute Gasteiger partial charge is 0.333 e. The summed E-state index contributed by atoms with van der Waals surface area (Å²) in [6, 6.07) is 17.5. The molecule has 0 saturated carbocycles. The topological polar surface area (TPSA) is 73.2 Å². The quantitative estimate of drug-likeness (QED) is 0.667. The highest BCUT2D eigenvalue weighted by atomic mass is 16.5. The van der Waals surface area contributed by atoms with Crippen LogP contribution in [0.4, 0.5) is 0 Å². The van der Waals surface area contributed by atoms with Crippen LogP contribution in [-0.2, 0) is 9.53 Å². The molecule has 0 bridgehead atoms. The molecule has 3 rings (SSSR count). The van der Waals surface area contributed by atoms with Crippen molar-refractivity contribution in [3.8, 4) is 5.69 Å². The first kappa shape index (κ1) is 19.4. The Morgan fingerprint density at radius 3 is 2.25 bits per heavy atom. The molecule has 0 spiro atoms. The SMILES string of the molecule is CCOC(=O)C(NC(=O)c1ccccc1)c1c(C)nn(-c2ccccc2)c1C. The summed E-state index contributed by atoms with van der Waals surface area (Å²) in [6.07, 6.45) is 0. The number of benzene rings is 2.